The predicted molar refractivity (Wildman–Crippen MR) is 49.8 cm³/mol. The summed E-state index contributed by atoms with van der Waals surface area (Å²) in [5.41, 5.74) is 2.02. The molecule has 1 aromatic rings. The molecule has 0 unspecified atom stereocenters. The minimum Gasteiger partial charge on any atom is -0.246 e. The monoisotopic (exact) mass is 166 g/mol. The van der Waals surface area contributed by atoms with Crippen molar-refractivity contribution in [3.63, 3.8) is 0 Å². The minimum atomic E-state index is -0.355. The number of alkyl halides is 1. The van der Waals surface area contributed by atoms with Crippen LogP contribution in [0.4, 0.5) is 4.39 Å². The summed E-state index contributed by atoms with van der Waals surface area (Å²) in [4.78, 5) is 0. The van der Waals surface area contributed by atoms with Crippen molar-refractivity contribution in [2.24, 2.45) is 5.92 Å². The molecule has 0 aliphatic carbocycles. The zero-order valence-corrected chi connectivity index (χ0v) is 7.68. The van der Waals surface area contributed by atoms with E-state index >= 15 is 0 Å². The van der Waals surface area contributed by atoms with Gasteiger partial charge in [-0.3, -0.25) is 0 Å². The van der Waals surface area contributed by atoms with E-state index in [0.29, 0.717) is 5.92 Å². The van der Waals surface area contributed by atoms with E-state index in [4.69, 9.17) is 0 Å². The van der Waals surface area contributed by atoms with E-state index < -0.39 is 0 Å². The van der Waals surface area contributed by atoms with Crippen molar-refractivity contribution >= 4 is 0 Å². The SMILES string of the molecule is CC(C)Cc1cccc(CF)c1. The van der Waals surface area contributed by atoms with E-state index in [0.717, 1.165) is 12.0 Å². The first-order valence-electron chi connectivity index (χ1n) is 4.36. The molecule has 0 saturated carbocycles. The molecule has 0 bridgehead atoms. The number of hydrogen-bond donors (Lipinski definition) is 0. The van der Waals surface area contributed by atoms with Gasteiger partial charge in [0.1, 0.15) is 6.67 Å². The molecule has 0 atom stereocenters. The average Bonchev–Trinajstić information content (AvgIpc) is 2.03. The Bertz CT molecular complexity index is 241. The van der Waals surface area contributed by atoms with Gasteiger partial charge in [-0.1, -0.05) is 38.1 Å². The Morgan fingerprint density at radius 3 is 2.50 bits per heavy atom. The summed E-state index contributed by atoms with van der Waals surface area (Å²) >= 11 is 0. The Labute approximate surface area is 73.4 Å². The summed E-state index contributed by atoms with van der Waals surface area (Å²) in [5.74, 6) is 0.639. The van der Waals surface area contributed by atoms with Gasteiger partial charge in [0.15, 0.2) is 0 Å². The summed E-state index contributed by atoms with van der Waals surface area (Å²) in [5, 5.41) is 0. The fourth-order valence-corrected chi connectivity index (χ4v) is 1.31. The highest BCUT2D eigenvalue weighted by Gasteiger charge is 1.98. The quantitative estimate of drug-likeness (QED) is 0.646. The maximum Gasteiger partial charge on any atom is 0.115 e. The third-order valence-electron chi connectivity index (χ3n) is 1.79. The van der Waals surface area contributed by atoms with Crippen molar-refractivity contribution in [1.29, 1.82) is 0 Å². The van der Waals surface area contributed by atoms with Crippen LogP contribution in [-0.4, -0.2) is 0 Å². The molecule has 0 N–H and O–H groups in total. The maximum atomic E-state index is 12.2. The highest BCUT2D eigenvalue weighted by Crippen LogP contribution is 2.11. The minimum absolute atomic E-state index is 0.355. The average molecular weight is 166 g/mol. The van der Waals surface area contributed by atoms with Crippen molar-refractivity contribution in [2.45, 2.75) is 26.9 Å². The number of hydrogen-bond acceptors (Lipinski definition) is 0. The van der Waals surface area contributed by atoms with Crippen LogP contribution in [0.25, 0.3) is 0 Å². The van der Waals surface area contributed by atoms with Crippen LogP contribution in [0, 0.1) is 5.92 Å². The van der Waals surface area contributed by atoms with Crippen LogP contribution in [-0.2, 0) is 13.1 Å². The highest BCUT2D eigenvalue weighted by molar-refractivity contribution is 5.23. The van der Waals surface area contributed by atoms with Gasteiger partial charge in [-0.25, -0.2) is 4.39 Å². The molecule has 1 rings (SSSR count). The second-order valence-corrected chi connectivity index (χ2v) is 3.55. The van der Waals surface area contributed by atoms with Gasteiger partial charge in [0, 0.05) is 0 Å². The van der Waals surface area contributed by atoms with Gasteiger partial charge >= 0.3 is 0 Å². The fourth-order valence-electron chi connectivity index (χ4n) is 1.31. The first-order valence-corrected chi connectivity index (χ1v) is 4.36. The lowest BCUT2D eigenvalue weighted by molar-refractivity contribution is 0.484. The summed E-state index contributed by atoms with van der Waals surface area (Å²) in [6.45, 7) is 3.98. The first-order chi connectivity index (χ1) is 5.72. The van der Waals surface area contributed by atoms with Gasteiger partial charge in [0.25, 0.3) is 0 Å². The van der Waals surface area contributed by atoms with Gasteiger partial charge in [0.2, 0.25) is 0 Å². The molecule has 0 amide bonds. The molecular formula is C11H15F. The number of benzene rings is 1. The third kappa shape index (κ3) is 2.65. The zero-order valence-electron chi connectivity index (χ0n) is 7.68. The number of halogens is 1. The molecule has 0 aliphatic rings. The van der Waals surface area contributed by atoms with Crippen LogP contribution in [0.3, 0.4) is 0 Å². The van der Waals surface area contributed by atoms with Crippen LogP contribution >= 0.6 is 0 Å². The molecule has 0 radical (unpaired) electrons. The summed E-state index contributed by atoms with van der Waals surface area (Å²) in [6.07, 6.45) is 1.04. The van der Waals surface area contributed by atoms with Gasteiger partial charge < -0.3 is 0 Å². The molecule has 12 heavy (non-hydrogen) atoms. The Hall–Kier alpha value is -0.850. The van der Waals surface area contributed by atoms with E-state index in [1.807, 2.05) is 18.2 Å². The van der Waals surface area contributed by atoms with E-state index in [1.165, 1.54) is 5.56 Å². The maximum absolute atomic E-state index is 12.2. The Kier molecular flexibility index (Phi) is 3.27. The molecule has 0 saturated heterocycles. The van der Waals surface area contributed by atoms with Gasteiger partial charge in [0.05, 0.1) is 0 Å². The molecule has 1 heteroatoms. The molecule has 0 heterocycles. The van der Waals surface area contributed by atoms with E-state index in [2.05, 4.69) is 19.9 Å². The highest BCUT2D eigenvalue weighted by atomic mass is 19.1. The Morgan fingerprint density at radius 1 is 1.25 bits per heavy atom. The summed E-state index contributed by atoms with van der Waals surface area (Å²) < 4.78 is 12.2. The largest absolute Gasteiger partial charge is 0.246 e. The molecule has 66 valence electrons. The molecule has 0 aliphatic heterocycles. The van der Waals surface area contributed by atoms with Gasteiger partial charge in [-0.2, -0.15) is 0 Å². The normalized spacial score (nSPS) is 10.7. The topological polar surface area (TPSA) is 0 Å². The Balaban J connectivity index is 2.72. The molecule has 0 fully saturated rings. The van der Waals surface area contributed by atoms with Gasteiger partial charge in [-0.15, -0.1) is 0 Å². The first kappa shape index (κ1) is 9.24. The number of rotatable bonds is 3. The van der Waals surface area contributed by atoms with Crippen LogP contribution < -0.4 is 0 Å². The van der Waals surface area contributed by atoms with Crippen molar-refractivity contribution in [3.8, 4) is 0 Å². The van der Waals surface area contributed by atoms with E-state index in [9.17, 15) is 4.39 Å². The van der Waals surface area contributed by atoms with Crippen molar-refractivity contribution in [2.75, 3.05) is 0 Å². The van der Waals surface area contributed by atoms with Crippen molar-refractivity contribution < 1.29 is 4.39 Å². The molecule has 0 aromatic heterocycles. The van der Waals surface area contributed by atoms with Crippen LogP contribution in [0.2, 0.25) is 0 Å². The predicted octanol–water partition coefficient (Wildman–Crippen LogP) is 3.35. The standard InChI is InChI=1S/C11H15F/c1-9(2)6-10-4-3-5-11(7-10)8-12/h3-5,7,9H,6,8H2,1-2H3. The lowest BCUT2D eigenvalue weighted by Crippen LogP contribution is -1.94. The second-order valence-electron chi connectivity index (χ2n) is 3.55. The lowest BCUT2D eigenvalue weighted by Gasteiger charge is -2.05. The summed E-state index contributed by atoms with van der Waals surface area (Å²) in [6, 6.07) is 7.75. The van der Waals surface area contributed by atoms with Gasteiger partial charge in [-0.05, 0) is 23.5 Å². The van der Waals surface area contributed by atoms with Crippen molar-refractivity contribution in [1.82, 2.24) is 0 Å². The Morgan fingerprint density at radius 2 is 1.92 bits per heavy atom. The van der Waals surface area contributed by atoms with Crippen molar-refractivity contribution in [3.05, 3.63) is 35.4 Å². The molecule has 1 aromatic carbocycles. The van der Waals surface area contributed by atoms with E-state index in [-0.39, 0.29) is 6.67 Å². The summed E-state index contributed by atoms with van der Waals surface area (Å²) in [7, 11) is 0. The lowest BCUT2D eigenvalue weighted by atomic mass is 10.0. The van der Waals surface area contributed by atoms with Crippen LogP contribution in [0.5, 0.6) is 0 Å². The molecular weight excluding hydrogens is 151 g/mol. The smallest absolute Gasteiger partial charge is 0.115 e. The van der Waals surface area contributed by atoms with Crippen LogP contribution in [0.1, 0.15) is 25.0 Å². The molecule has 0 spiro atoms. The fraction of sp³-hybridized carbons (Fsp3) is 0.455. The van der Waals surface area contributed by atoms with E-state index in [1.54, 1.807) is 0 Å². The molecule has 0 nitrogen and oxygen atoms in total. The second kappa shape index (κ2) is 4.24. The zero-order chi connectivity index (χ0) is 8.97. The third-order valence-corrected chi connectivity index (χ3v) is 1.79. The van der Waals surface area contributed by atoms with Crippen LogP contribution in [0.15, 0.2) is 24.3 Å².